The van der Waals surface area contributed by atoms with Gasteiger partial charge in [-0.3, -0.25) is 14.4 Å². The summed E-state index contributed by atoms with van der Waals surface area (Å²) in [6.45, 7) is 3.08. The lowest BCUT2D eigenvalue weighted by atomic mass is 9.68. The van der Waals surface area contributed by atoms with Crippen LogP contribution in [0.5, 0.6) is 11.5 Å². The highest BCUT2D eigenvalue weighted by molar-refractivity contribution is 6.06. The summed E-state index contributed by atoms with van der Waals surface area (Å²) in [4.78, 5) is 41.6. The molecule has 1 saturated heterocycles. The lowest BCUT2D eigenvalue weighted by Crippen LogP contribution is -2.47. The third kappa shape index (κ3) is 4.30. The van der Waals surface area contributed by atoms with Gasteiger partial charge in [0.1, 0.15) is 17.5 Å². The van der Waals surface area contributed by atoms with Gasteiger partial charge in [0, 0.05) is 24.1 Å². The molecule has 8 nitrogen and oxygen atoms in total. The predicted molar refractivity (Wildman–Crippen MR) is 148 cm³/mol. The highest BCUT2D eigenvalue weighted by atomic mass is 16.5. The molecule has 0 spiro atoms. The van der Waals surface area contributed by atoms with E-state index in [1.54, 1.807) is 62.6 Å². The van der Waals surface area contributed by atoms with Gasteiger partial charge in [-0.1, -0.05) is 42.5 Å². The highest BCUT2D eigenvalue weighted by Crippen LogP contribution is 2.56. The van der Waals surface area contributed by atoms with Crippen LogP contribution in [0.15, 0.2) is 78.9 Å². The molecule has 0 amide bonds. The molecule has 0 saturated carbocycles. The number of benzene rings is 3. The van der Waals surface area contributed by atoms with E-state index in [1.165, 1.54) is 6.92 Å². The largest absolute Gasteiger partial charge is 0.497 e. The smallest absolute Gasteiger partial charge is 0.329 e. The molecule has 0 unspecified atom stereocenters. The summed E-state index contributed by atoms with van der Waals surface area (Å²) in [5.41, 5.74) is 0.859. The Morgan fingerprint density at radius 2 is 1.65 bits per heavy atom. The van der Waals surface area contributed by atoms with E-state index in [2.05, 4.69) is 6.07 Å². The zero-order valence-electron chi connectivity index (χ0n) is 22.4. The molecule has 2 heterocycles. The van der Waals surface area contributed by atoms with Crippen LogP contribution in [0.25, 0.3) is 6.08 Å². The molecule has 4 atom stereocenters. The minimum Gasteiger partial charge on any atom is -0.497 e. The maximum atomic E-state index is 14.5. The first-order valence-corrected chi connectivity index (χ1v) is 13.0. The predicted octanol–water partition coefficient (Wildman–Crippen LogP) is 4.94. The van der Waals surface area contributed by atoms with Crippen molar-refractivity contribution < 1.29 is 28.6 Å². The summed E-state index contributed by atoms with van der Waals surface area (Å²) in [6.07, 6.45) is 3.70. The molecule has 5 rings (SSSR count). The van der Waals surface area contributed by atoms with Crippen molar-refractivity contribution in [1.29, 1.82) is 5.26 Å². The summed E-state index contributed by atoms with van der Waals surface area (Å²) in [7, 11) is 1.55. The van der Waals surface area contributed by atoms with Crippen LogP contribution >= 0.6 is 0 Å². The molecule has 1 fully saturated rings. The van der Waals surface area contributed by atoms with Crippen LogP contribution in [-0.2, 0) is 14.3 Å². The fourth-order valence-corrected chi connectivity index (χ4v) is 5.83. The van der Waals surface area contributed by atoms with Gasteiger partial charge in [-0.15, -0.1) is 0 Å². The minimum atomic E-state index is -1.73. The van der Waals surface area contributed by atoms with Crippen molar-refractivity contribution in [2.24, 2.45) is 5.41 Å². The standard InChI is InChI=1S/C32H28N2O6/c1-4-39-31(37)32(19-33)27-18-13-21-7-5-6-8-26(21)34(27)29(28(32)22-9-14-24(38-3)15-10-22)30(36)23-11-16-25(17-12-23)40-20(2)35/h5-18,27-29H,4H2,1-3H3/t27-,28-,29+,32-/m0/s1. The van der Waals surface area contributed by atoms with Gasteiger partial charge in [-0.05, 0) is 60.5 Å². The first-order valence-electron chi connectivity index (χ1n) is 13.0. The van der Waals surface area contributed by atoms with Crippen LogP contribution in [0.1, 0.15) is 41.3 Å². The van der Waals surface area contributed by atoms with E-state index in [4.69, 9.17) is 14.2 Å². The van der Waals surface area contributed by atoms with Gasteiger partial charge in [0.2, 0.25) is 0 Å². The monoisotopic (exact) mass is 536 g/mol. The van der Waals surface area contributed by atoms with Gasteiger partial charge < -0.3 is 19.1 Å². The van der Waals surface area contributed by atoms with Crippen LogP contribution in [0, 0.1) is 16.7 Å². The van der Waals surface area contributed by atoms with Gasteiger partial charge in [-0.25, -0.2) is 0 Å². The Balaban J connectivity index is 1.74. The number of para-hydroxylation sites is 1. The van der Waals surface area contributed by atoms with Crippen molar-refractivity contribution in [1.82, 2.24) is 0 Å². The zero-order valence-corrected chi connectivity index (χ0v) is 22.4. The Kier molecular flexibility index (Phi) is 7.14. The quantitative estimate of drug-likeness (QED) is 0.237. The van der Waals surface area contributed by atoms with Crippen molar-refractivity contribution >= 4 is 29.5 Å². The SMILES string of the molecule is CCOC(=O)[C@@]1(C#N)[C@@H]2C=Cc3ccccc3N2[C@@H](C(=O)c2ccc(OC(C)=O)cc2)[C@@H]1c1ccc(OC)cc1. The minimum absolute atomic E-state index is 0.0842. The van der Waals surface area contributed by atoms with Gasteiger partial charge in [0.15, 0.2) is 11.2 Å². The molecule has 2 aliphatic rings. The number of ether oxygens (including phenoxy) is 3. The molecule has 0 bridgehead atoms. The Labute approximate surface area is 232 Å². The lowest BCUT2D eigenvalue weighted by Gasteiger charge is -2.36. The second kappa shape index (κ2) is 10.7. The van der Waals surface area contributed by atoms with E-state index in [9.17, 15) is 19.6 Å². The number of hydrogen-bond acceptors (Lipinski definition) is 8. The first-order chi connectivity index (χ1) is 19.3. The van der Waals surface area contributed by atoms with Crippen LogP contribution in [-0.4, -0.2) is 43.5 Å². The Hall–Kier alpha value is -4.90. The lowest BCUT2D eigenvalue weighted by molar-refractivity contribution is -0.152. The molecule has 40 heavy (non-hydrogen) atoms. The number of hydrogen-bond donors (Lipinski definition) is 0. The Morgan fingerprint density at radius 3 is 2.27 bits per heavy atom. The van der Waals surface area contributed by atoms with Crippen molar-refractivity contribution in [2.45, 2.75) is 31.8 Å². The van der Waals surface area contributed by atoms with E-state index in [1.807, 2.05) is 41.3 Å². The number of nitrogens with zero attached hydrogens (tertiary/aromatic N) is 2. The summed E-state index contributed by atoms with van der Waals surface area (Å²) in [5, 5.41) is 10.8. The number of Topliss-reactive ketones (excluding diaryl/α,β-unsaturated/α-hetero) is 1. The Morgan fingerprint density at radius 1 is 0.975 bits per heavy atom. The summed E-state index contributed by atoms with van der Waals surface area (Å²) < 4.78 is 16.0. The number of rotatable bonds is 7. The normalized spacial score (nSPS) is 22.4. The molecule has 3 aromatic carbocycles. The topological polar surface area (TPSA) is 106 Å². The summed E-state index contributed by atoms with van der Waals surface area (Å²) in [5.74, 6) is -1.41. The van der Waals surface area contributed by atoms with Crippen molar-refractivity contribution in [3.63, 3.8) is 0 Å². The number of carbonyl (C=O) groups is 3. The number of esters is 2. The number of fused-ring (bicyclic) bond motifs is 3. The zero-order chi connectivity index (χ0) is 28.4. The van der Waals surface area contributed by atoms with Gasteiger partial charge in [0.25, 0.3) is 0 Å². The number of anilines is 1. The van der Waals surface area contributed by atoms with E-state index in [0.29, 0.717) is 22.6 Å². The molecule has 0 aromatic heterocycles. The summed E-state index contributed by atoms with van der Waals surface area (Å²) in [6, 6.07) is 21.5. The average Bonchev–Trinajstić information content (AvgIpc) is 3.29. The second-order valence-electron chi connectivity index (χ2n) is 9.65. The van der Waals surface area contributed by atoms with E-state index < -0.39 is 35.4 Å². The second-order valence-corrected chi connectivity index (χ2v) is 9.65. The fourth-order valence-electron chi connectivity index (χ4n) is 5.83. The van der Waals surface area contributed by atoms with Crippen LogP contribution in [0.3, 0.4) is 0 Å². The van der Waals surface area contributed by atoms with Gasteiger partial charge in [-0.2, -0.15) is 5.26 Å². The molecule has 0 radical (unpaired) electrons. The van der Waals surface area contributed by atoms with Crippen LogP contribution < -0.4 is 14.4 Å². The molecule has 0 N–H and O–H groups in total. The van der Waals surface area contributed by atoms with E-state index in [-0.39, 0.29) is 12.4 Å². The third-order valence-corrected chi connectivity index (χ3v) is 7.49. The third-order valence-electron chi connectivity index (χ3n) is 7.49. The number of methoxy groups -OCH3 is 1. The van der Waals surface area contributed by atoms with Crippen LogP contribution in [0.4, 0.5) is 5.69 Å². The first kappa shape index (κ1) is 26.7. The van der Waals surface area contributed by atoms with Crippen molar-refractivity contribution in [2.75, 3.05) is 18.6 Å². The summed E-state index contributed by atoms with van der Waals surface area (Å²) >= 11 is 0. The highest BCUT2D eigenvalue weighted by Gasteiger charge is 2.67. The fraction of sp³-hybridized carbons (Fsp3) is 0.250. The van der Waals surface area contributed by atoms with E-state index in [0.717, 1.165) is 11.3 Å². The molecule has 202 valence electrons. The number of nitriles is 1. The molecule has 0 aliphatic carbocycles. The van der Waals surface area contributed by atoms with Gasteiger partial charge in [0.05, 0.1) is 25.8 Å². The maximum absolute atomic E-state index is 14.5. The van der Waals surface area contributed by atoms with Crippen molar-refractivity contribution in [3.05, 3.63) is 95.6 Å². The molecular formula is C32H28N2O6. The average molecular weight is 537 g/mol. The number of ketones is 1. The van der Waals surface area contributed by atoms with Gasteiger partial charge >= 0.3 is 11.9 Å². The molecule has 8 heteroatoms. The van der Waals surface area contributed by atoms with Crippen molar-refractivity contribution in [3.8, 4) is 17.6 Å². The van der Waals surface area contributed by atoms with E-state index >= 15 is 0 Å². The molecular weight excluding hydrogens is 508 g/mol. The Bertz CT molecular complexity index is 1520. The van der Waals surface area contributed by atoms with Crippen LogP contribution in [0.2, 0.25) is 0 Å². The molecule has 3 aromatic rings. The maximum Gasteiger partial charge on any atom is 0.329 e. The molecule has 2 aliphatic heterocycles. The number of carbonyl (C=O) groups excluding carboxylic acids is 3.